The molecule has 0 unspecified atom stereocenters. The van der Waals surface area contributed by atoms with E-state index in [1.165, 1.54) is 19.3 Å². The highest BCUT2D eigenvalue weighted by molar-refractivity contribution is 5.83. The fraction of sp³-hybridized carbons (Fsp3) is 0.688. The Bertz CT molecular complexity index is 693. The van der Waals surface area contributed by atoms with Crippen LogP contribution in [0, 0.1) is 5.41 Å². The maximum absolute atomic E-state index is 5.69. The topological polar surface area (TPSA) is 56.1 Å². The van der Waals surface area contributed by atoms with Gasteiger partial charge in [0.15, 0.2) is 17.0 Å². The summed E-state index contributed by atoms with van der Waals surface area (Å²) in [6.45, 7) is 2.97. The number of ether oxygens (including phenoxy) is 1. The van der Waals surface area contributed by atoms with Crippen molar-refractivity contribution in [1.29, 1.82) is 0 Å². The van der Waals surface area contributed by atoms with Crippen LogP contribution < -0.4 is 4.90 Å². The van der Waals surface area contributed by atoms with Crippen LogP contribution in [0.2, 0.25) is 0 Å². The van der Waals surface area contributed by atoms with Gasteiger partial charge in [0.05, 0.1) is 12.4 Å². The fourth-order valence-corrected chi connectivity index (χ4v) is 4.35. The van der Waals surface area contributed by atoms with Crippen molar-refractivity contribution < 1.29 is 4.74 Å². The molecule has 0 aromatic carbocycles. The molecule has 0 aliphatic heterocycles. The molecule has 2 aromatic heterocycles. The Balaban J connectivity index is 1.69. The van der Waals surface area contributed by atoms with Crippen molar-refractivity contribution in [1.82, 2.24) is 19.5 Å². The minimum Gasteiger partial charge on any atom is -0.381 e. The maximum atomic E-state index is 5.69. The van der Waals surface area contributed by atoms with E-state index in [0.717, 1.165) is 29.9 Å². The predicted molar refractivity (Wildman–Crippen MR) is 84.9 cm³/mol. The maximum Gasteiger partial charge on any atom is 0.165 e. The van der Waals surface area contributed by atoms with Crippen molar-refractivity contribution in [2.45, 2.75) is 51.3 Å². The number of hydrogen-bond acceptors (Lipinski definition) is 5. The van der Waals surface area contributed by atoms with Crippen LogP contribution in [0.4, 0.5) is 5.82 Å². The number of anilines is 1. The van der Waals surface area contributed by atoms with Gasteiger partial charge in [0, 0.05) is 32.2 Å². The number of hydrogen-bond donors (Lipinski definition) is 0. The highest BCUT2D eigenvalue weighted by Gasteiger charge is 2.60. The van der Waals surface area contributed by atoms with E-state index in [9.17, 15) is 0 Å². The first kappa shape index (κ1) is 13.9. The molecular formula is C16H23N5O. The Kier molecular flexibility index (Phi) is 3.11. The van der Waals surface area contributed by atoms with Gasteiger partial charge in [-0.25, -0.2) is 15.0 Å². The number of imidazole rings is 1. The lowest BCUT2D eigenvalue weighted by Crippen LogP contribution is -2.67. The van der Waals surface area contributed by atoms with Gasteiger partial charge in [0.25, 0.3) is 0 Å². The van der Waals surface area contributed by atoms with Gasteiger partial charge in [-0.2, -0.15) is 0 Å². The van der Waals surface area contributed by atoms with E-state index in [4.69, 9.17) is 4.74 Å². The lowest BCUT2D eigenvalue weighted by molar-refractivity contribution is -0.152. The van der Waals surface area contributed by atoms with Gasteiger partial charge >= 0.3 is 0 Å². The molecule has 2 aromatic rings. The highest BCUT2D eigenvalue weighted by atomic mass is 16.5. The van der Waals surface area contributed by atoms with Crippen LogP contribution in [-0.4, -0.2) is 45.8 Å². The number of fused-ring (bicyclic) bond motifs is 1. The molecule has 118 valence electrons. The lowest BCUT2D eigenvalue weighted by Gasteiger charge is -2.63. The minimum absolute atomic E-state index is 0.327. The Labute approximate surface area is 130 Å². The summed E-state index contributed by atoms with van der Waals surface area (Å²) < 4.78 is 7.75. The molecule has 0 N–H and O–H groups in total. The molecule has 22 heavy (non-hydrogen) atoms. The molecule has 0 radical (unpaired) electrons. The van der Waals surface area contributed by atoms with Crippen LogP contribution in [0.1, 0.15) is 32.6 Å². The molecule has 0 bridgehead atoms. The van der Waals surface area contributed by atoms with E-state index in [1.807, 2.05) is 13.4 Å². The molecule has 0 amide bonds. The first-order chi connectivity index (χ1) is 10.7. The highest BCUT2D eigenvalue weighted by Crippen LogP contribution is 2.59. The van der Waals surface area contributed by atoms with Crippen LogP contribution in [0.25, 0.3) is 11.2 Å². The molecule has 2 fully saturated rings. The quantitative estimate of drug-likeness (QED) is 0.867. The summed E-state index contributed by atoms with van der Waals surface area (Å²) in [6.07, 6.45) is 8.83. The van der Waals surface area contributed by atoms with Crippen LogP contribution in [0.15, 0.2) is 12.7 Å². The summed E-state index contributed by atoms with van der Waals surface area (Å²) in [5.41, 5.74) is 2.15. The van der Waals surface area contributed by atoms with Crippen LogP contribution in [0.3, 0.4) is 0 Å². The third kappa shape index (κ3) is 1.67. The number of aryl methyl sites for hydroxylation is 1. The van der Waals surface area contributed by atoms with Gasteiger partial charge in [-0.3, -0.25) is 0 Å². The summed E-state index contributed by atoms with van der Waals surface area (Å²) in [6, 6.07) is 0.496. The van der Waals surface area contributed by atoms with E-state index in [2.05, 4.69) is 38.4 Å². The van der Waals surface area contributed by atoms with Crippen LogP contribution in [0.5, 0.6) is 0 Å². The first-order valence-electron chi connectivity index (χ1n) is 8.12. The van der Waals surface area contributed by atoms with Gasteiger partial charge in [-0.05, 0) is 26.2 Å². The van der Waals surface area contributed by atoms with Crippen LogP contribution >= 0.6 is 0 Å². The summed E-state index contributed by atoms with van der Waals surface area (Å²) in [7, 11) is 3.98. The standard InChI is InChI=1S/C16H23N5O/c1-4-21-10-19-13-14(17-9-18-15(13)21)20(2)11-8-12(22-3)16(11)6-5-7-16/h9-12H,4-8H2,1-3H3/t11-,12-/m1/s1. The second-order valence-electron chi connectivity index (χ2n) is 6.57. The number of aromatic nitrogens is 4. The third-order valence-corrected chi connectivity index (χ3v) is 5.84. The smallest absolute Gasteiger partial charge is 0.165 e. The minimum atomic E-state index is 0.327. The molecule has 2 aliphatic carbocycles. The molecule has 2 aliphatic rings. The second-order valence-corrected chi connectivity index (χ2v) is 6.57. The molecular weight excluding hydrogens is 278 g/mol. The molecule has 6 nitrogen and oxygen atoms in total. The van der Waals surface area contributed by atoms with Crippen molar-refractivity contribution in [3.63, 3.8) is 0 Å². The Morgan fingerprint density at radius 1 is 1.36 bits per heavy atom. The van der Waals surface area contributed by atoms with Gasteiger partial charge in [0.2, 0.25) is 0 Å². The molecule has 4 rings (SSSR count). The lowest BCUT2D eigenvalue weighted by atomic mass is 9.50. The van der Waals surface area contributed by atoms with E-state index >= 15 is 0 Å². The van der Waals surface area contributed by atoms with Gasteiger partial charge < -0.3 is 14.2 Å². The normalized spacial score (nSPS) is 26.0. The third-order valence-electron chi connectivity index (χ3n) is 5.84. The Hall–Kier alpha value is -1.69. The predicted octanol–water partition coefficient (Wildman–Crippen LogP) is 2.24. The molecule has 2 atom stereocenters. The van der Waals surface area contributed by atoms with Crippen molar-refractivity contribution >= 4 is 17.0 Å². The zero-order chi connectivity index (χ0) is 15.3. The SMILES string of the molecule is CCn1cnc2c(N(C)[C@@H]3C[C@@H](OC)C34CCC4)ncnc21. The monoisotopic (exact) mass is 301 g/mol. The van der Waals surface area contributed by atoms with E-state index < -0.39 is 0 Å². The average molecular weight is 301 g/mol. The van der Waals surface area contributed by atoms with Gasteiger partial charge in [0.1, 0.15) is 6.33 Å². The van der Waals surface area contributed by atoms with Crippen molar-refractivity contribution in [2.24, 2.45) is 5.41 Å². The molecule has 6 heteroatoms. The molecule has 2 heterocycles. The number of methoxy groups -OCH3 is 1. The average Bonchev–Trinajstić information content (AvgIpc) is 2.87. The summed E-state index contributed by atoms with van der Waals surface area (Å²) >= 11 is 0. The fourth-order valence-electron chi connectivity index (χ4n) is 4.35. The summed E-state index contributed by atoms with van der Waals surface area (Å²) in [4.78, 5) is 15.8. The molecule has 2 saturated carbocycles. The van der Waals surface area contributed by atoms with Crippen molar-refractivity contribution in [3.8, 4) is 0 Å². The van der Waals surface area contributed by atoms with Gasteiger partial charge in [-0.1, -0.05) is 6.42 Å². The zero-order valence-electron chi connectivity index (χ0n) is 13.5. The van der Waals surface area contributed by atoms with Crippen LogP contribution in [-0.2, 0) is 11.3 Å². The second kappa shape index (κ2) is 4.91. The molecule has 1 spiro atoms. The van der Waals surface area contributed by atoms with Crippen molar-refractivity contribution in [2.75, 3.05) is 19.1 Å². The summed E-state index contributed by atoms with van der Waals surface area (Å²) in [5, 5.41) is 0. The van der Waals surface area contributed by atoms with Crippen molar-refractivity contribution in [3.05, 3.63) is 12.7 Å². The van der Waals surface area contributed by atoms with Gasteiger partial charge in [-0.15, -0.1) is 0 Å². The van der Waals surface area contributed by atoms with E-state index in [0.29, 0.717) is 17.6 Å². The molecule has 0 saturated heterocycles. The largest absolute Gasteiger partial charge is 0.381 e. The number of rotatable bonds is 4. The Morgan fingerprint density at radius 2 is 2.18 bits per heavy atom. The summed E-state index contributed by atoms with van der Waals surface area (Å²) in [5.74, 6) is 0.947. The first-order valence-corrected chi connectivity index (χ1v) is 8.12. The zero-order valence-corrected chi connectivity index (χ0v) is 13.5. The van der Waals surface area contributed by atoms with E-state index in [1.54, 1.807) is 6.33 Å². The Morgan fingerprint density at radius 3 is 2.82 bits per heavy atom. The number of nitrogens with zero attached hydrogens (tertiary/aromatic N) is 5. The van der Waals surface area contributed by atoms with E-state index in [-0.39, 0.29) is 0 Å².